The van der Waals surface area contributed by atoms with Gasteiger partial charge >= 0.3 is 0 Å². The number of hydrogen-bond acceptors (Lipinski definition) is 1. The molecular weight excluding hydrogens is 124 g/mol. The summed E-state index contributed by atoms with van der Waals surface area (Å²) in [4.78, 5) is 13.5. The number of aromatic nitrogens is 1. The Labute approximate surface area is 61.5 Å². The van der Waals surface area contributed by atoms with Crippen LogP contribution in [0.25, 0.3) is 0 Å². The second-order valence-electron chi connectivity index (χ2n) is 2.13. The molecule has 0 saturated heterocycles. The van der Waals surface area contributed by atoms with Crippen LogP contribution in [0.2, 0.25) is 0 Å². The fourth-order valence-electron chi connectivity index (χ4n) is 0.668. The Hall–Kier alpha value is -0.920. The average molecular weight is 129 g/mol. The molecule has 0 fully saturated rings. The summed E-state index contributed by atoms with van der Waals surface area (Å²) in [6.45, 7) is 1.65. The van der Waals surface area contributed by atoms with Crippen molar-refractivity contribution in [2.45, 2.75) is 6.92 Å². The van der Waals surface area contributed by atoms with Gasteiger partial charge in [0.25, 0.3) is 0 Å². The Balaban J connectivity index is 3.46. The van der Waals surface area contributed by atoms with Crippen LogP contribution in [0.15, 0.2) is 10.9 Å². The second kappa shape index (κ2) is 2.37. The van der Waals surface area contributed by atoms with Crippen molar-refractivity contribution in [2.24, 2.45) is 0 Å². The first-order valence-electron chi connectivity index (χ1n) is 2.86. The first kappa shape index (κ1) is 7.19. The topological polar surface area (TPSA) is 32.9 Å². The Morgan fingerprint density at radius 2 is 2.10 bits per heavy atom. The van der Waals surface area contributed by atoms with E-state index in [1.807, 2.05) is 0 Å². The van der Waals surface area contributed by atoms with E-state index >= 15 is 0 Å². The Kier molecular flexibility index (Phi) is 1.70. The first-order chi connectivity index (χ1) is 4.61. The van der Waals surface area contributed by atoms with Gasteiger partial charge in [-0.1, -0.05) is 0 Å². The summed E-state index contributed by atoms with van der Waals surface area (Å²) in [6.07, 6.45) is 0. The lowest BCUT2D eigenvalue weighted by atomic mass is 9.94. The normalized spacial score (nSPS) is 9.70. The van der Waals surface area contributed by atoms with Gasteiger partial charge in [-0.05, 0) is 24.2 Å². The van der Waals surface area contributed by atoms with E-state index in [1.165, 1.54) is 6.07 Å². The van der Waals surface area contributed by atoms with Gasteiger partial charge in [-0.15, -0.1) is 0 Å². The van der Waals surface area contributed by atoms with Crippen LogP contribution >= 0.6 is 0 Å². The lowest BCUT2D eigenvalue weighted by molar-refractivity contribution is 1.33. The SMILES string of the molecule is [B]c1cc(=O)c(C)c([B])[nH]1. The molecule has 1 aromatic heterocycles. The van der Waals surface area contributed by atoms with Gasteiger partial charge in [0.15, 0.2) is 5.43 Å². The molecule has 0 atom stereocenters. The summed E-state index contributed by atoms with van der Waals surface area (Å²) in [5.74, 6) is 0. The molecule has 4 radical (unpaired) electrons. The molecule has 0 bridgehead atoms. The minimum Gasteiger partial charge on any atom is -0.381 e. The first-order valence-corrected chi connectivity index (χ1v) is 2.86. The van der Waals surface area contributed by atoms with Gasteiger partial charge in [-0.25, -0.2) is 0 Å². The molecule has 0 aromatic carbocycles. The van der Waals surface area contributed by atoms with Crippen molar-refractivity contribution in [2.75, 3.05) is 0 Å². The number of rotatable bonds is 0. The van der Waals surface area contributed by atoms with Crippen molar-refractivity contribution in [3.8, 4) is 0 Å². The third-order valence-corrected chi connectivity index (χ3v) is 1.34. The van der Waals surface area contributed by atoms with Crippen molar-refractivity contribution in [1.82, 2.24) is 4.98 Å². The second-order valence-corrected chi connectivity index (χ2v) is 2.13. The van der Waals surface area contributed by atoms with Crippen LogP contribution in [-0.4, -0.2) is 20.7 Å². The molecule has 46 valence electrons. The fraction of sp³-hybridized carbons (Fsp3) is 0.167. The van der Waals surface area contributed by atoms with Gasteiger partial charge in [0.2, 0.25) is 0 Å². The van der Waals surface area contributed by atoms with Crippen LogP contribution in [0, 0.1) is 6.92 Å². The molecule has 0 aliphatic heterocycles. The highest BCUT2D eigenvalue weighted by atomic mass is 16.1. The lowest BCUT2D eigenvalue weighted by Gasteiger charge is -2.00. The zero-order valence-corrected chi connectivity index (χ0v) is 5.64. The maximum absolute atomic E-state index is 10.9. The maximum atomic E-state index is 10.9. The third kappa shape index (κ3) is 1.15. The molecule has 1 rings (SSSR count). The minimum absolute atomic E-state index is 0.131. The smallest absolute Gasteiger partial charge is 0.183 e. The zero-order chi connectivity index (χ0) is 7.72. The predicted octanol–water partition coefficient (Wildman–Crippen LogP) is -1.73. The van der Waals surface area contributed by atoms with E-state index in [0.717, 1.165) is 0 Å². The molecule has 10 heavy (non-hydrogen) atoms. The quantitative estimate of drug-likeness (QED) is 0.414. The molecule has 1 aromatic rings. The van der Waals surface area contributed by atoms with Gasteiger partial charge in [0.05, 0.1) is 0 Å². The summed E-state index contributed by atoms with van der Waals surface area (Å²) < 4.78 is 0. The van der Waals surface area contributed by atoms with Gasteiger partial charge in [0.1, 0.15) is 15.7 Å². The van der Waals surface area contributed by atoms with E-state index in [2.05, 4.69) is 4.98 Å². The van der Waals surface area contributed by atoms with Crippen LogP contribution < -0.4 is 16.6 Å². The van der Waals surface area contributed by atoms with Gasteiger partial charge in [-0.2, -0.15) is 0 Å². The largest absolute Gasteiger partial charge is 0.381 e. The molecular formula is C6H5B2NO. The molecule has 4 heteroatoms. The molecule has 0 aliphatic rings. The van der Waals surface area contributed by atoms with E-state index in [9.17, 15) is 4.79 Å². The number of H-pyrrole nitrogens is 1. The van der Waals surface area contributed by atoms with E-state index in [4.69, 9.17) is 15.7 Å². The highest BCUT2D eigenvalue weighted by Gasteiger charge is 1.95. The maximum Gasteiger partial charge on any atom is 0.183 e. The van der Waals surface area contributed by atoms with Crippen LogP contribution in [0.4, 0.5) is 0 Å². The van der Waals surface area contributed by atoms with Crippen LogP contribution in [0.5, 0.6) is 0 Å². The number of aromatic amines is 1. The van der Waals surface area contributed by atoms with Crippen molar-refractivity contribution in [1.29, 1.82) is 0 Å². The molecule has 1 N–H and O–H groups in total. The van der Waals surface area contributed by atoms with Crippen molar-refractivity contribution < 1.29 is 0 Å². The summed E-state index contributed by atoms with van der Waals surface area (Å²) in [7, 11) is 10.7. The molecule has 0 unspecified atom stereocenters. The Morgan fingerprint density at radius 1 is 1.50 bits per heavy atom. The Bertz CT molecular complexity index is 305. The molecule has 0 spiro atoms. The van der Waals surface area contributed by atoms with Gasteiger partial charge < -0.3 is 4.98 Å². The number of pyridine rings is 1. The molecule has 0 aliphatic carbocycles. The van der Waals surface area contributed by atoms with Crippen molar-refractivity contribution in [3.63, 3.8) is 0 Å². The minimum atomic E-state index is -0.131. The Morgan fingerprint density at radius 3 is 2.60 bits per heavy atom. The molecule has 1 heterocycles. The average Bonchev–Trinajstić information content (AvgIpc) is 1.82. The van der Waals surface area contributed by atoms with Gasteiger partial charge in [0, 0.05) is 5.56 Å². The highest BCUT2D eigenvalue weighted by Crippen LogP contribution is 1.73. The summed E-state index contributed by atoms with van der Waals surface area (Å²) in [6, 6.07) is 1.31. The van der Waals surface area contributed by atoms with Crippen molar-refractivity contribution in [3.05, 3.63) is 21.9 Å². The van der Waals surface area contributed by atoms with E-state index in [0.29, 0.717) is 16.8 Å². The van der Waals surface area contributed by atoms with E-state index in [1.54, 1.807) is 6.92 Å². The standard InChI is InChI=1S/C6H5B2NO/c1-3-4(10)2-5(7)9-6(3)8/h2H,1H3,(H,9,10). The van der Waals surface area contributed by atoms with Gasteiger partial charge in [-0.3, -0.25) is 4.79 Å². The van der Waals surface area contributed by atoms with Crippen LogP contribution in [0.1, 0.15) is 5.56 Å². The highest BCUT2D eigenvalue weighted by molar-refractivity contribution is 6.35. The summed E-state index contributed by atoms with van der Waals surface area (Å²) in [5.41, 5.74) is 1.01. The predicted molar refractivity (Wildman–Crippen MR) is 42.6 cm³/mol. The van der Waals surface area contributed by atoms with E-state index < -0.39 is 0 Å². The molecule has 0 saturated carbocycles. The number of nitrogens with one attached hydrogen (secondary N) is 1. The lowest BCUT2D eigenvalue weighted by Crippen LogP contribution is -2.30. The third-order valence-electron chi connectivity index (χ3n) is 1.34. The van der Waals surface area contributed by atoms with Crippen LogP contribution in [0.3, 0.4) is 0 Å². The summed E-state index contributed by atoms with van der Waals surface area (Å²) in [5, 5.41) is 0. The fourth-order valence-corrected chi connectivity index (χ4v) is 0.668. The molecule has 0 amide bonds. The van der Waals surface area contributed by atoms with Crippen LogP contribution in [-0.2, 0) is 0 Å². The number of hydrogen-bond donors (Lipinski definition) is 1. The molecule has 2 nitrogen and oxygen atoms in total. The van der Waals surface area contributed by atoms with Crippen molar-refractivity contribution >= 4 is 26.9 Å². The zero-order valence-electron chi connectivity index (χ0n) is 5.64. The van der Waals surface area contributed by atoms with E-state index in [-0.39, 0.29) is 5.43 Å². The monoisotopic (exact) mass is 129 g/mol. The summed E-state index contributed by atoms with van der Waals surface area (Å²) >= 11 is 0.